The second-order valence-corrected chi connectivity index (χ2v) is 5.34. The highest BCUT2D eigenvalue weighted by molar-refractivity contribution is 6.12. The molecule has 3 rings (SSSR count). The number of rotatable bonds is 3. The number of carbonyl (C=O) groups is 1. The number of carbonyl (C=O) groups excluding carboxylic acids is 1. The van der Waals surface area contributed by atoms with Crippen LogP contribution in [0, 0.1) is 6.92 Å². The lowest BCUT2D eigenvalue weighted by Crippen LogP contribution is -2.32. The van der Waals surface area contributed by atoms with Crippen LogP contribution in [0.15, 0.2) is 53.3 Å². The van der Waals surface area contributed by atoms with Crippen molar-refractivity contribution in [2.45, 2.75) is 13.8 Å². The maximum absolute atomic E-state index is 13.0. The smallest absolute Gasteiger partial charge is 0.279 e. The second kappa shape index (κ2) is 6.04. The SMILES string of the molecule is CCN(C(=O)c1n[nH]c(=O)c2ccccc12)c1cccc(C)c1. The van der Waals surface area contributed by atoms with E-state index in [1.807, 2.05) is 38.1 Å². The van der Waals surface area contributed by atoms with Gasteiger partial charge in [0.05, 0.1) is 5.39 Å². The number of benzene rings is 2. The van der Waals surface area contributed by atoms with E-state index in [9.17, 15) is 9.59 Å². The molecule has 0 atom stereocenters. The summed E-state index contributed by atoms with van der Waals surface area (Å²) in [7, 11) is 0. The maximum Gasteiger partial charge on any atom is 0.279 e. The largest absolute Gasteiger partial charge is 0.307 e. The van der Waals surface area contributed by atoms with Crippen molar-refractivity contribution in [2.75, 3.05) is 11.4 Å². The molecule has 0 saturated carbocycles. The van der Waals surface area contributed by atoms with E-state index in [1.54, 1.807) is 29.2 Å². The van der Waals surface area contributed by atoms with Gasteiger partial charge in [0.15, 0.2) is 5.69 Å². The molecule has 3 aromatic rings. The number of nitrogens with one attached hydrogen (secondary N) is 1. The van der Waals surface area contributed by atoms with Gasteiger partial charge in [0.2, 0.25) is 0 Å². The van der Waals surface area contributed by atoms with Gasteiger partial charge in [0.25, 0.3) is 11.5 Å². The molecule has 0 aliphatic carbocycles. The topological polar surface area (TPSA) is 66.1 Å². The minimum absolute atomic E-state index is 0.231. The van der Waals surface area contributed by atoms with Crippen molar-refractivity contribution in [3.8, 4) is 0 Å². The number of aromatic nitrogens is 2. The van der Waals surface area contributed by atoms with E-state index in [4.69, 9.17) is 0 Å². The molecular formula is C18H17N3O2. The van der Waals surface area contributed by atoms with Crippen molar-refractivity contribution < 1.29 is 4.79 Å². The average molecular weight is 307 g/mol. The number of hydrogen-bond acceptors (Lipinski definition) is 3. The van der Waals surface area contributed by atoms with Gasteiger partial charge >= 0.3 is 0 Å². The lowest BCUT2D eigenvalue weighted by atomic mass is 10.1. The van der Waals surface area contributed by atoms with Crippen molar-refractivity contribution in [2.24, 2.45) is 0 Å². The highest BCUT2D eigenvalue weighted by atomic mass is 16.2. The summed E-state index contributed by atoms with van der Waals surface area (Å²) in [5.41, 5.74) is 1.85. The first-order valence-electron chi connectivity index (χ1n) is 7.47. The summed E-state index contributed by atoms with van der Waals surface area (Å²) in [6, 6.07) is 14.7. The van der Waals surface area contributed by atoms with Gasteiger partial charge in [-0.05, 0) is 37.6 Å². The van der Waals surface area contributed by atoms with Crippen LogP contribution in [0.1, 0.15) is 23.0 Å². The van der Waals surface area contributed by atoms with E-state index in [1.165, 1.54) is 0 Å². The summed E-state index contributed by atoms with van der Waals surface area (Å²) in [6.07, 6.45) is 0. The Labute approximate surface area is 133 Å². The van der Waals surface area contributed by atoms with Gasteiger partial charge in [-0.15, -0.1) is 0 Å². The second-order valence-electron chi connectivity index (χ2n) is 5.34. The van der Waals surface area contributed by atoms with Crippen LogP contribution in [-0.4, -0.2) is 22.6 Å². The molecule has 1 N–H and O–H groups in total. The summed E-state index contributed by atoms with van der Waals surface area (Å²) < 4.78 is 0. The fourth-order valence-electron chi connectivity index (χ4n) is 2.64. The molecule has 5 nitrogen and oxygen atoms in total. The third kappa shape index (κ3) is 2.73. The first kappa shape index (κ1) is 15.0. The fourth-order valence-corrected chi connectivity index (χ4v) is 2.64. The first-order chi connectivity index (χ1) is 11.1. The molecule has 0 aliphatic heterocycles. The lowest BCUT2D eigenvalue weighted by Gasteiger charge is -2.21. The zero-order chi connectivity index (χ0) is 16.4. The summed E-state index contributed by atoms with van der Waals surface area (Å²) >= 11 is 0. The average Bonchev–Trinajstić information content (AvgIpc) is 2.56. The number of fused-ring (bicyclic) bond motifs is 1. The minimum Gasteiger partial charge on any atom is -0.307 e. The molecule has 0 saturated heterocycles. The first-order valence-corrected chi connectivity index (χ1v) is 7.47. The van der Waals surface area contributed by atoms with Crippen molar-refractivity contribution in [3.63, 3.8) is 0 Å². The van der Waals surface area contributed by atoms with Crippen LogP contribution in [-0.2, 0) is 0 Å². The molecular weight excluding hydrogens is 290 g/mol. The molecule has 1 heterocycles. The van der Waals surface area contributed by atoms with E-state index in [2.05, 4.69) is 10.2 Å². The predicted molar refractivity (Wildman–Crippen MR) is 90.9 cm³/mol. The molecule has 1 aromatic heterocycles. The zero-order valence-electron chi connectivity index (χ0n) is 13.0. The van der Waals surface area contributed by atoms with Crippen LogP contribution in [0.2, 0.25) is 0 Å². The molecule has 23 heavy (non-hydrogen) atoms. The van der Waals surface area contributed by atoms with Gasteiger partial charge < -0.3 is 4.90 Å². The third-order valence-corrected chi connectivity index (χ3v) is 3.77. The summed E-state index contributed by atoms with van der Waals surface area (Å²) in [4.78, 5) is 26.5. The van der Waals surface area contributed by atoms with Crippen molar-refractivity contribution in [1.82, 2.24) is 10.2 Å². The summed E-state index contributed by atoms with van der Waals surface area (Å²) in [5, 5.41) is 7.43. The number of H-pyrrole nitrogens is 1. The normalized spacial score (nSPS) is 10.7. The molecule has 0 aliphatic rings. The number of anilines is 1. The highest BCUT2D eigenvalue weighted by Crippen LogP contribution is 2.20. The van der Waals surface area contributed by atoms with Crippen LogP contribution in [0.4, 0.5) is 5.69 Å². The molecule has 1 amide bonds. The molecule has 0 bridgehead atoms. The molecule has 0 radical (unpaired) electrons. The van der Waals surface area contributed by atoms with E-state index >= 15 is 0 Å². The molecule has 116 valence electrons. The Bertz CT molecular complexity index is 931. The number of amides is 1. The summed E-state index contributed by atoms with van der Waals surface area (Å²) in [5.74, 6) is -0.231. The predicted octanol–water partition coefficient (Wildman–Crippen LogP) is 2.90. The maximum atomic E-state index is 13.0. The van der Waals surface area contributed by atoms with Crippen LogP contribution >= 0.6 is 0 Å². The van der Waals surface area contributed by atoms with E-state index < -0.39 is 0 Å². The highest BCUT2D eigenvalue weighted by Gasteiger charge is 2.21. The van der Waals surface area contributed by atoms with Gasteiger partial charge in [-0.2, -0.15) is 5.10 Å². The van der Waals surface area contributed by atoms with Gasteiger partial charge in [0, 0.05) is 17.6 Å². The Balaban J connectivity index is 2.12. The number of aryl methyl sites for hydroxylation is 1. The van der Waals surface area contributed by atoms with Crippen molar-refractivity contribution >= 4 is 22.4 Å². The van der Waals surface area contributed by atoms with Crippen LogP contribution in [0.3, 0.4) is 0 Å². The minimum atomic E-state index is -0.296. The lowest BCUT2D eigenvalue weighted by molar-refractivity contribution is 0.0984. The standard InChI is InChI=1S/C18H17N3O2/c1-3-21(13-8-6-7-12(2)11-13)18(23)16-14-9-4-5-10-15(14)17(22)20-19-16/h4-11H,3H2,1-2H3,(H,20,22). The van der Waals surface area contributed by atoms with Crippen LogP contribution < -0.4 is 10.5 Å². The molecule has 5 heteroatoms. The number of hydrogen-bond donors (Lipinski definition) is 1. The van der Waals surface area contributed by atoms with Crippen LogP contribution in [0.25, 0.3) is 10.8 Å². The fraction of sp³-hybridized carbons (Fsp3) is 0.167. The quantitative estimate of drug-likeness (QED) is 0.809. The Morgan fingerprint density at radius 3 is 2.57 bits per heavy atom. The Morgan fingerprint density at radius 1 is 1.13 bits per heavy atom. The van der Waals surface area contributed by atoms with Gasteiger partial charge in [-0.1, -0.05) is 30.3 Å². The summed E-state index contributed by atoms with van der Waals surface area (Å²) in [6.45, 7) is 4.40. The van der Waals surface area contributed by atoms with Gasteiger partial charge in [-0.3, -0.25) is 9.59 Å². The Kier molecular flexibility index (Phi) is 3.93. The molecule has 2 aromatic carbocycles. The van der Waals surface area contributed by atoms with Crippen LogP contribution in [0.5, 0.6) is 0 Å². The van der Waals surface area contributed by atoms with Gasteiger partial charge in [0.1, 0.15) is 0 Å². The Morgan fingerprint density at radius 2 is 1.87 bits per heavy atom. The van der Waals surface area contributed by atoms with E-state index in [0.29, 0.717) is 17.3 Å². The van der Waals surface area contributed by atoms with Gasteiger partial charge in [-0.25, -0.2) is 5.10 Å². The van der Waals surface area contributed by atoms with Crippen molar-refractivity contribution in [3.05, 3.63) is 70.1 Å². The Hall–Kier alpha value is -2.95. The molecule has 0 unspecified atom stereocenters. The number of aromatic amines is 1. The monoisotopic (exact) mass is 307 g/mol. The molecule has 0 fully saturated rings. The molecule has 0 spiro atoms. The van der Waals surface area contributed by atoms with E-state index in [0.717, 1.165) is 11.3 Å². The van der Waals surface area contributed by atoms with E-state index in [-0.39, 0.29) is 17.2 Å². The number of nitrogens with zero attached hydrogens (tertiary/aromatic N) is 2. The zero-order valence-corrected chi connectivity index (χ0v) is 13.0. The third-order valence-electron chi connectivity index (χ3n) is 3.77. The van der Waals surface area contributed by atoms with Crippen molar-refractivity contribution in [1.29, 1.82) is 0 Å².